The average molecular weight is 263 g/mol. The number of ether oxygens (including phenoxy) is 1. The van der Waals surface area contributed by atoms with Gasteiger partial charge in [-0.2, -0.15) is 0 Å². The van der Waals surface area contributed by atoms with E-state index in [-0.39, 0.29) is 6.04 Å². The van der Waals surface area contributed by atoms with Crippen LogP contribution >= 0.6 is 11.3 Å². The molecule has 2 heterocycles. The Hall–Kier alpha value is -1.62. The minimum Gasteiger partial charge on any atom is -0.481 e. The van der Waals surface area contributed by atoms with Gasteiger partial charge in [-0.1, -0.05) is 0 Å². The van der Waals surface area contributed by atoms with Crippen molar-refractivity contribution >= 4 is 17.0 Å². The summed E-state index contributed by atoms with van der Waals surface area (Å²) in [6.07, 6.45) is 1.73. The van der Waals surface area contributed by atoms with Gasteiger partial charge < -0.3 is 10.1 Å². The molecule has 0 radical (unpaired) electrons. The van der Waals surface area contributed by atoms with Gasteiger partial charge in [-0.05, 0) is 26.8 Å². The lowest BCUT2D eigenvalue weighted by atomic mass is 10.2. The Morgan fingerprint density at radius 1 is 1.39 bits per heavy atom. The lowest BCUT2D eigenvalue weighted by Crippen LogP contribution is -2.06. The largest absolute Gasteiger partial charge is 0.481 e. The van der Waals surface area contributed by atoms with Crippen molar-refractivity contribution in [2.75, 3.05) is 12.4 Å². The van der Waals surface area contributed by atoms with Crippen LogP contribution in [0.25, 0.3) is 0 Å². The molecule has 96 valence electrons. The van der Waals surface area contributed by atoms with Gasteiger partial charge in [0.2, 0.25) is 5.88 Å². The van der Waals surface area contributed by atoms with Crippen molar-refractivity contribution in [3.8, 4) is 5.88 Å². The fourth-order valence-electron chi connectivity index (χ4n) is 1.88. The van der Waals surface area contributed by atoms with Crippen LogP contribution < -0.4 is 10.1 Å². The minimum atomic E-state index is 0.225. The Morgan fingerprint density at radius 3 is 2.78 bits per heavy atom. The van der Waals surface area contributed by atoms with E-state index in [1.165, 1.54) is 4.88 Å². The molecule has 0 amide bonds. The SMILES string of the molecule is COc1cc(NC(C)c2sc(C)nc2C)ccn1. The van der Waals surface area contributed by atoms with Crippen LogP contribution in [-0.4, -0.2) is 17.1 Å². The van der Waals surface area contributed by atoms with E-state index in [0.29, 0.717) is 5.88 Å². The van der Waals surface area contributed by atoms with Crippen molar-refractivity contribution in [2.24, 2.45) is 0 Å². The molecule has 0 bridgehead atoms. The molecule has 1 unspecified atom stereocenters. The molecule has 0 aliphatic carbocycles. The topological polar surface area (TPSA) is 47.0 Å². The summed E-state index contributed by atoms with van der Waals surface area (Å²) in [6, 6.07) is 4.05. The molecule has 1 atom stereocenters. The van der Waals surface area contributed by atoms with Crippen LogP contribution in [0.1, 0.15) is 28.5 Å². The summed E-state index contributed by atoms with van der Waals surface area (Å²) >= 11 is 1.73. The van der Waals surface area contributed by atoms with E-state index in [1.807, 2.05) is 26.0 Å². The van der Waals surface area contributed by atoms with Crippen molar-refractivity contribution in [2.45, 2.75) is 26.8 Å². The Balaban J connectivity index is 2.15. The molecule has 0 aliphatic rings. The highest BCUT2D eigenvalue weighted by Gasteiger charge is 2.12. The van der Waals surface area contributed by atoms with Crippen LogP contribution in [0.15, 0.2) is 18.3 Å². The maximum atomic E-state index is 5.11. The van der Waals surface area contributed by atoms with Crippen molar-refractivity contribution < 1.29 is 4.74 Å². The zero-order valence-electron chi connectivity index (χ0n) is 11.0. The maximum Gasteiger partial charge on any atom is 0.214 e. The van der Waals surface area contributed by atoms with E-state index in [4.69, 9.17) is 4.74 Å². The quantitative estimate of drug-likeness (QED) is 0.919. The molecule has 5 heteroatoms. The van der Waals surface area contributed by atoms with Crippen LogP contribution in [-0.2, 0) is 0 Å². The lowest BCUT2D eigenvalue weighted by Gasteiger charge is -2.14. The van der Waals surface area contributed by atoms with Crippen LogP contribution in [0.4, 0.5) is 5.69 Å². The molecule has 1 N–H and O–H groups in total. The van der Waals surface area contributed by atoms with Gasteiger partial charge in [-0.25, -0.2) is 9.97 Å². The maximum absolute atomic E-state index is 5.11. The van der Waals surface area contributed by atoms with Crippen molar-refractivity contribution in [3.05, 3.63) is 33.9 Å². The number of thiazole rings is 1. The van der Waals surface area contributed by atoms with E-state index in [0.717, 1.165) is 16.4 Å². The second-order valence-corrected chi connectivity index (χ2v) is 5.37. The number of rotatable bonds is 4. The summed E-state index contributed by atoms with van der Waals surface area (Å²) in [5, 5.41) is 4.54. The Bertz CT molecular complexity index is 539. The molecule has 0 saturated heterocycles. The first kappa shape index (κ1) is 12.8. The van der Waals surface area contributed by atoms with Crippen LogP contribution in [0.2, 0.25) is 0 Å². The number of hydrogen-bond donors (Lipinski definition) is 1. The van der Waals surface area contributed by atoms with Crippen molar-refractivity contribution in [3.63, 3.8) is 0 Å². The summed E-state index contributed by atoms with van der Waals surface area (Å²) in [5.74, 6) is 0.615. The zero-order chi connectivity index (χ0) is 13.1. The molecule has 4 nitrogen and oxygen atoms in total. The molecule has 0 spiro atoms. The van der Waals surface area contributed by atoms with E-state index < -0.39 is 0 Å². The number of aryl methyl sites for hydroxylation is 2. The lowest BCUT2D eigenvalue weighted by molar-refractivity contribution is 0.398. The highest BCUT2D eigenvalue weighted by molar-refractivity contribution is 7.11. The molecule has 2 rings (SSSR count). The number of anilines is 1. The third kappa shape index (κ3) is 2.79. The minimum absolute atomic E-state index is 0.225. The van der Waals surface area contributed by atoms with Gasteiger partial charge >= 0.3 is 0 Å². The summed E-state index contributed by atoms with van der Waals surface area (Å²) in [6.45, 7) is 6.21. The average Bonchev–Trinajstić information content (AvgIpc) is 2.69. The van der Waals surface area contributed by atoms with Gasteiger partial charge in [0.15, 0.2) is 0 Å². The van der Waals surface area contributed by atoms with Crippen molar-refractivity contribution in [1.82, 2.24) is 9.97 Å². The second-order valence-electron chi connectivity index (χ2n) is 4.14. The van der Waals surface area contributed by atoms with E-state index in [9.17, 15) is 0 Å². The van der Waals surface area contributed by atoms with Gasteiger partial charge in [0.1, 0.15) is 0 Å². The van der Waals surface area contributed by atoms with Crippen LogP contribution in [0, 0.1) is 13.8 Å². The second kappa shape index (κ2) is 5.35. The summed E-state index contributed by atoms with van der Waals surface area (Å²) in [5.41, 5.74) is 2.10. The summed E-state index contributed by atoms with van der Waals surface area (Å²) in [7, 11) is 1.62. The first-order valence-electron chi connectivity index (χ1n) is 5.80. The Labute approximate surface area is 111 Å². The monoisotopic (exact) mass is 263 g/mol. The van der Waals surface area contributed by atoms with Gasteiger partial charge in [0, 0.05) is 22.8 Å². The number of nitrogens with one attached hydrogen (secondary N) is 1. The number of aromatic nitrogens is 2. The standard InChI is InChI=1S/C13H17N3OS/c1-8-13(18-10(3)15-8)9(2)16-11-5-6-14-12(7-11)17-4/h5-7,9H,1-4H3,(H,14,16). The van der Waals surface area contributed by atoms with Gasteiger partial charge in [0.25, 0.3) is 0 Å². The van der Waals surface area contributed by atoms with E-state index in [1.54, 1.807) is 24.6 Å². The predicted molar refractivity (Wildman–Crippen MR) is 74.4 cm³/mol. The molecule has 0 fully saturated rings. The Kier molecular flexibility index (Phi) is 3.81. The smallest absolute Gasteiger partial charge is 0.214 e. The third-order valence-corrected chi connectivity index (χ3v) is 3.92. The normalized spacial score (nSPS) is 12.2. The highest BCUT2D eigenvalue weighted by Crippen LogP contribution is 2.28. The number of methoxy groups -OCH3 is 1. The van der Waals surface area contributed by atoms with E-state index >= 15 is 0 Å². The molecular weight excluding hydrogens is 246 g/mol. The van der Waals surface area contributed by atoms with Gasteiger partial charge in [-0.15, -0.1) is 11.3 Å². The molecular formula is C13H17N3OS. The van der Waals surface area contributed by atoms with E-state index in [2.05, 4.69) is 22.2 Å². The van der Waals surface area contributed by atoms with Gasteiger partial charge in [-0.3, -0.25) is 0 Å². The zero-order valence-corrected chi connectivity index (χ0v) is 11.8. The summed E-state index contributed by atoms with van der Waals surface area (Å²) < 4.78 is 5.11. The molecule has 2 aromatic rings. The van der Waals surface area contributed by atoms with Crippen LogP contribution in [0.3, 0.4) is 0 Å². The van der Waals surface area contributed by atoms with Gasteiger partial charge in [0.05, 0.1) is 23.9 Å². The first-order chi connectivity index (χ1) is 8.60. The Morgan fingerprint density at radius 2 is 2.17 bits per heavy atom. The number of nitrogens with zero attached hydrogens (tertiary/aromatic N) is 2. The number of hydrogen-bond acceptors (Lipinski definition) is 5. The predicted octanol–water partition coefficient (Wildman–Crippen LogP) is 3.34. The third-order valence-electron chi connectivity index (χ3n) is 2.66. The molecule has 18 heavy (non-hydrogen) atoms. The molecule has 0 aliphatic heterocycles. The fraction of sp³-hybridized carbons (Fsp3) is 0.385. The van der Waals surface area contributed by atoms with Crippen LogP contribution in [0.5, 0.6) is 5.88 Å². The fourth-order valence-corrected chi connectivity index (χ4v) is 2.81. The van der Waals surface area contributed by atoms with Crippen molar-refractivity contribution in [1.29, 1.82) is 0 Å². The number of pyridine rings is 1. The first-order valence-corrected chi connectivity index (χ1v) is 6.62. The highest BCUT2D eigenvalue weighted by atomic mass is 32.1. The molecule has 0 saturated carbocycles. The summed E-state index contributed by atoms with van der Waals surface area (Å²) in [4.78, 5) is 9.80. The molecule has 0 aromatic carbocycles. The molecule has 2 aromatic heterocycles.